The molecular weight excluding hydrogens is 405 g/mol. The normalized spacial score (nSPS) is 22.0. The van der Waals surface area contributed by atoms with E-state index in [0.29, 0.717) is 40.9 Å². The van der Waals surface area contributed by atoms with Crippen LogP contribution < -0.4 is 5.32 Å². The van der Waals surface area contributed by atoms with Crippen molar-refractivity contribution < 1.29 is 18.7 Å². The van der Waals surface area contributed by atoms with Crippen LogP contribution in [0.2, 0.25) is 5.02 Å². The van der Waals surface area contributed by atoms with Gasteiger partial charge in [0.05, 0.1) is 24.3 Å². The molecule has 0 spiro atoms. The van der Waals surface area contributed by atoms with Gasteiger partial charge in [0, 0.05) is 35.4 Å². The van der Waals surface area contributed by atoms with E-state index in [2.05, 4.69) is 15.3 Å². The number of nitrogens with one attached hydrogen (secondary N) is 1. The fourth-order valence-corrected chi connectivity index (χ4v) is 4.21. The van der Waals surface area contributed by atoms with Crippen molar-refractivity contribution in [1.29, 1.82) is 0 Å². The van der Waals surface area contributed by atoms with E-state index in [0.717, 1.165) is 6.42 Å². The molecule has 0 saturated carbocycles. The molecule has 2 aliphatic rings. The molecule has 3 heterocycles. The fraction of sp³-hybridized carbons (Fsp3) is 0.316. The average Bonchev–Trinajstić information content (AvgIpc) is 3.42. The number of rotatable bonds is 4. The number of amidine groups is 1. The van der Waals surface area contributed by atoms with E-state index in [1.807, 2.05) is 5.38 Å². The first kappa shape index (κ1) is 19.0. The first-order valence-corrected chi connectivity index (χ1v) is 9.94. The lowest BCUT2D eigenvalue weighted by Crippen LogP contribution is -2.37. The van der Waals surface area contributed by atoms with Gasteiger partial charge in [-0.15, -0.1) is 11.3 Å². The van der Waals surface area contributed by atoms with Gasteiger partial charge >= 0.3 is 5.97 Å². The highest BCUT2D eigenvalue weighted by Crippen LogP contribution is 2.39. The molecule has 2 aliphatic heterocycles. The molecule has 1 aromatic carbocycles. The smallest absolute Gasteiger partial charge is 0.338 e. The van der Waals surface area contributed by atoms with E-state index < -0.39 is 17.8 Å². The number of aliphatic imine (C=N–C) groups is 1. The molecule has 0 amide bonds. The van der Waals surface area contributed by atoms with Crippen molar-refractivity contribution in [3.63, 3.8) is 0 Å². The summed E-state index contributed by atoms with van der Waals surface area (Å²) in [5.74, 6) is -0.635. The van der Waals surface area contributed by atoms with E-state index in [1.54, 1.807) is 18.3 Å². The highest BCUT2D eigenvalue weighted by atomic mass is 35.5. The molecule has 2 aromatic rings. The van der Waals surface area contributed by atoms with E-state index in [1.165, 1.54) is 24.5 Å². The molecule has 6 nitrogen and oxygen atoms in total. The molecule has 1 N–H and O–H groups in total. The van der Waals surface area contributed by atoms with Crippen LogP contribution in [0.4, 0.5) is 4.39 Å². The van der Waals surface area contributed by atoms with Crippen molar-refractivity contribution >= 4 is 34.7 Å². The van der Waals surface area contributed by atoms with Gasteiger partial charge in [-0.05, 0) is 12.5 Å². The van der Waals surface area contributed by atoms with Crippen LogP contribution >= 0.6 is 22.9 Å². The average molecular weight is 422 g/mol. The van der Waals surface area contributed by atoms with Crippen molar-refractivity contribution in [2.24, 2.45) is 10.9 Å². The van der Waals surface area contributed by atoms with E-state index >= 15 is 0 Å². The minimum absolute atomic E-state index is 0.0330. The maximum Gasteiger partial charge on any atom is 0.338 e. The van der Waals surface area contributed by atoms with Gasteiger partial charge in [0.15, 0.2) is 10.8 Å². The molecule has 0 aliphatic carbocycles. The first-order valence-electron chi connectivity index (χ1n) is 8.69. The van der Waals surface area contributed by atoms with Crippen LogP contribution in [0.3, 0.4) is 0 Å². The van der Waals surface area contributed by atoms with Gasteiger partial charge in [0.2, 0.25) is 0 Å². The zero-order valence-corrected chi connectivity index (χ0v) is 16.5. The Labute approximate surface area is 170 Å². The number of nitrogens with zero attached hydrogens (tertiary/aromatic N) is 2. The molecule has 1 aromatic heterocycles. The maximum atomic E-state index is 14.2. The lowest BCUT2D eigenvalue weighted by atomic mass is 9.90. The molecular formula is C19H17ClFN3O3S. The zero-order chi connectivity index (χ0) is 19.7. The predicted molar refractivity (Wildman–Crippen MR) is 104 cm³/mol. The van der Waals surface area contributed by atoms with Gasteiger partial charge < -0.3 is 14.8 Å². The number of carbonyl (C=O) groups is 1. The van der Waals surface area contributed by atoms with Crippen LogP contribution in [0, 0.1) is 11.7 Å². The van der Waals surface area contributed by atoms with Crippen molar-refractivity contribution in [1.82, 2.24) is 10.3 Å². The van der Waals surface area contributed by atoms with Crippen LogP contribution in [0.1, 0.15) is 23.0 Å². The van der Waals surface area contributed by atoms with Crippen molar-refractivity contribution in [2.45, 2.75) is 12.5 Å². The molecule has 1 fully saturated rings. The summed E-state index contributed by atoms with van der Waals surface area (Å²) in [5.41, 5.74) is 1.37. The summed E-state index contributed by atoms with van der Waals surface area (Å²) in [7, 11) is 1.31. The van der Waals surface area contributed by atoms with Gasteiger partial charge in [-0.2, -0.15) is 0 Å². The summed E-state index contributed by atoms with van der Waals surface area (Å²) in [6, 6.07) is 3.66. The Morgan fingerprint density at radius 1 is 1.46 bits per heavy atom. The topological polar surface area (TPSA) is 72.8 Å². The minimum atomic E-state index is -0.814. The number of esters is 1. The van der Waals surface area contributed by atoms with Crippen molar-refractivity contribution in [3.05, 3.63) is 62.5 Å². The predicted octanol–water partition coefficient (Wildman–Crippen LogP) is 3.49. The van der Waals surface area contributed by atoms with Crippen LogP contribution in [0.25, 0.3) is 0 Å². The molecule has 1 saturated heterocycles. The Morgan fingerprint density at radius 2 is 2.32 bits per heavy atom. The van der Waals surface area contributed by atoms with Crippen molar-refractivity contribution in [2.75, 3.05) is 20.3 Å². The van der Waals surface area contributed by atoms with Gasteiger partial charge in [-0.1, -0.05) is 23.7 Å². The standard InChI is InChI=1S/C19H17ClFN3O3S/c1-26-19(25)13-15(10-5-7-27-9-10)23-17(18-22-6-8-28-18)24-16(13)11-3-2-4-12(21)14(11)20/h2-4,6,8,10,16H,5,7,9H2,1H3,(H,23,24). The van der Waals surface area contributed by atoms with Crippen molar-refractivity contribution in [3.8, 4) is 0 Å². The van der Waals surface area contributed by atoms with Gasteiger partial charge in [-0.25, -0.2) is 14.2 Å². The Hall–Kier alpha value is -2.29. The lowest BCUT2D eigenvalue weighted by Gasteiger charge is -2.29. The largest absolute Gasteiger partial charge is 0.466 e. The molecule has 9 heteroatoms. The van der Waals surface area contributed by atoms with Gasteiger partial charge in [-0.3, -0.25) is 4.99 Å². The molecule has 2 atom stereocenters. The SMILES string of the molecule is COC(=O)C1=C(C2CCOC2)NC(c2nccs2)=NC1c1cccc(F)c1Cl. The molecule has 0 radical (unpaired) electrons. The minimum Gasteiger partial charge on any atom is -0.466 e. The molecule has 0 bridgehead atoms. The van der Waals surface area contributed by atoms with E-state index in [-0.39, 0.29) is 10.9 Å². The quantitative estimate of drug-likeness (QED) is 0.765. The molecule has 4 rings (SSSR count). The van der Waals surface area contributed by atoms with Crippen LogP contribution in [0.15, 0.2) is 46.0 Å². The van der Waals surface area contributed by atoms with Gasteiger partial charge in [0.1, 0.15) is 11.9 Å². The van der Waals surface area contributed by atoms with Crippen LogP contribution in [0.5, 0.6) is 0 Å². The fourth-order valence-electron chi connectivity index (χ4n) is 3.39. The number of thiazole rings is 1. The summed E-state index contributed by atoms with van der Waals surface area (Å²) < 4.78 is 24.7. The summed E-state index contributed by atoms with van der Waals surface area (Å²) in [6.45, 7) is 1.07. The second-order valence-corrected chi connectivity index (χ2v) is 7.64. The number of halogens is 2. The second-order valence-electron chi connectivity index (χ2n) is 6.36. The van der Waals surface area contributed by atoms with Crippen LogP contribution in [-0.2, 0) is 14.3 Å². The summed E-state index contributed by atoms with van der Waals surface area (Å²) in [4.78, 5) is 21.7. The number of benzene rings is 1. The number of methoxy groups -OCH3 is 1. The third-order valence-electron chi connectivity index (χ3n) is 4.73. The lowest BCUT2D eigenvalue weighted by molar-refractivity contribution is -0.136. The third kappa shape index (κ3) is 3.43. The summed E-state index contributed by atoms with van der Waals surface area (Å²) >= 11 is 7.66. The Kier molecular flexibility index (Phi) is 5.43. The van der Waals surface area contributed by atoms with Crippen LogP contribution in [-0.4, -0.2) is 37.1 Å². The zero-order valence-electron chi connectivity index (χ0n) is 14.9. The number of hydrogen-bond acceptors (Lipinski definition) is 7. The monoisotopic (exact) mass is 421 g/mol. The first-order chi connectivity index (χ1) is 13.6. The number of carbonyl (C=O) groups excluding carboxylic acids is 1. The molecule has 28 heavy (non-hydrogen) atoms. The van der Waals surface area contributed by atoms with Gasteiger partial charge in [0.25, 0.3) is 0 Å². The number of aromatic nitrogens is 1. The Bertz CT molecular complexity index is 955. The molecule has 146 valence electrons. The maximum absolute atomic E-state index is 14.2. The molecule has 2 unspecified atom stereocenters. The van der Waals surface area contributed by atoms with E-state index in [4.69, 9.17) is 21.1 Å². The summed E-state index contributed by atoms with van der Waals surface area (Å²) in [5, 5.41) is 5.69. The highest BCUT2D eigenvalue weighted by molar-refractivity contribution is 7.11. The summed E-state index contributed by atoms with van der Waals surface area (Å²) in [6.07, 6.45) is 2.42. The van der Waals surface area contributed by atoms with E-state index in [9.17, 15) is 9.18 Å². The Morgan fingerprint density at radius 3 is 3.00 bits per heavy atom. The second kappa shape index (κ2) is 7.98. The number of ether oxygens (including phenoxy) is 2. The highest BCUT2D eigenvalue weighted by Gasteiger charge is 2.37. The Balaban J connectivity index is 1.91. The number of hydrogen-bond donors (Lipinski definition) is 1. The third-order valence-corrected chi connectivity index (χ3v) is 5.91.